The summed E-state index contributed by atoms with van der Waals surface area (Å²) in [7, 11) is 0. The lowest BCUT2D eigenvalue weighted by Crippen LogP contribution is -2.38. The molecule has 1 aliphatic carbocycles. The van der Waals surface area contributed by atoms with Crippen LogP contribution in [0.3, 0.4) is 0 Å². The summed E-state index contributed by atoms with van der Waals surface area (Å²) in [5.41, 5.74) is 1.22. The van der Waals surface area contributed by atoms with Gasteiger partial charge >= 0.3 is 6.09 Å². The fraction of sp³-hybridized carbons (Fsp3) is 0.731. The molecule has 2 amide bonds. The van der Waals surface area contributed by atoms with E-state index in [1.165, 1.54) is 0 Å². The molecule has 4 fully saturated rings. The third-order valence-corrected chi connectivity index (χ3v) is 7.36. The average Bonchev–Trinajstić information content (AvgIpc) is 3.45. The number of carbonyl (C=O) groups is 2. The molecule has 3 saturated heterocycles. The van der Waals surface area contributed by atoms with Crippen molar-refractivity contribution in [3.8, 4) is 5.88 Å². The minimum absolute atomic E-state index is 0.0311. The van der Waals surface area contributed by atoms with E-state index in [0.717, 1.165) is 44.5 Å². The molecule has 1 aromatic heterocycles. The first kappa shape index (κ1) is 23.4. The number of ether oxygens (including phenoxy) is 3. The minimum Gasteiger partial charge on any atom is -0.477 e. The van der Waals surface area contributed by atoms with Crippen LogP contribution in [0.25, 0.3) is 0 Å². The van der Waals surface area contributed by atoms with Gasteiger partial charge in [0.2, 0.25) is 5.88 Å². The van der Waals surface area contributed by atoms with E-state index in [-0.39, 0.29) is 12.0 Å². The van der Waals surface area contributed by atoms with Crippen molar-refractivity contribution in [1.29, 1.82) is 0 Å². The molecule has 0 radical (unpaired) electrons. The number of aromatic nitrogens is 1. The largest absolute Gasteiger partial charge is 0.477 e. The zero-order valence-electron chi connectivity index (χ0n) is 20.6. The Kier molecular flexibility index (Phi) is 6.44. The molecule has 34 heavy (non-hydrogen) atoms. The van der Waals surface area contributed by atoms with E-state index in [0.29, 0.717) is 67.9 Å². The van der Waals surface area contributed by atoms with Gasteiger partial charge in [-0.3, -0.25) is 4.79 Å². The minimum atomic E-state index is -0.496. The van der Waals surface area contributed by atoms with Crippen LogP contribution >= 0.6 is 0 Å². The van der Waals surface area contributed by atoms with Gasteiger partial charge in [-0.2, -0.15) is 0 Å². The van der Waals surface area contributed by atoms with Crippen LogP contribution in [0.2, 0.25) is 0 Å². The molecule has 4 heterocycles. The second-order valence-electron chi connectivity index (χ2n) is 11.4. The van der Waals surface area contributed by atoms with Gasteiger partial charge in [-0.25, -0.2) is 9.78 Å². The number of likely N-dealkylation sites (tertiary alicyclic amines) is 2. The normalized spacial score (nSPS) is 25.4. The van der Waals surface area contributed by atoms with Gasteiger partial charge in [0, 0.05) is 63.0 Å². The molecule has 0 aromatic carbocycles. The van der Waals surface area contributed by atoms with Crippen molar-refractivity contribution in [2.75, 3.05) is 46.0 Å². The third-order valence-electron chi connectivity index (χ3n) is 7.36. The van der Waals surface area contributed by atoms with E-state index in [1.807, 2.05) is 31.7 Å². The summed E-state index contributed by atoms with van der Waals surface area (Å²) in [6.07, 6.45) is 5.72. The maximum Gasteiger partial charge on any atom is 0.410 e. The fourth-order valence-electron chi connectivity index (χ4n) is 5.32. The predicted octanol–water partition coefficient (Wildman–Crippen LogP) is 3.70. The summed E-state index contributed by atoms with van der Waals surface area (Å²) < 4.78 is 17.1. The average molecular weight is 472 g/mol. The molecule has 0 spiro atoms. The van der Waals surface area contributed by atoms with Gasteiger partial charge in [-0.1, -0.05) is 0 Å². The number of hydrogen-bond acceptors (Lipinski definition) is 6. The SMILES string of the molecule is CC(C)(C)OC(=O)N1CC2CN(C(=O)c3cnc(OCC4CCOCC4)c(C4CC4)c3)CC2C1. The Labute approximate surface area is 201 Å². The molecule has 186 valence electrons. The van der Waals surface area contributed by atoms with E-state index < -0.39 is 5.60 Å². The Morgan fingerprint density at radius 1 is 1.03 bits per heavy atom. The molecule has 8 nitrogen and oxygen atoms in total. The number of carbonyl (C=O) groups excluding carboxylic acids is 2. The molecule has 1 aromatic rings. The number of pyridine rings is 1. The molecular weight excluding hydrogens is 434 g/mol. The van der Waals surface area contributed by atoms with E-state index in [1.54, 1.807) is 11.1 Å². The molecule has 5 rings (SSSR count). The van der Waals surface area contributed by atoms with Crippen molar-refractivity contribution in [3.05, 3.63) is 23.4 Å². The number of amides is 2. The van der Waals surface area contributed by atoms with Crippen LogP contribution in [-0.4, -0.2) is 78.4 Å². The molecule has 0 bridgehead atoms. The highest BCUT2D eigenvalue weighted by molar-refractivity contribution is 5.94. The summed E-state index contributed by atoms with van der Waals surface area (Å²) in [5, 5.41) is 0. The number of nitrogens with zero attached hydrogens (tertiary/aromatic N) is 3. The Bertz CT molecular complexity index is 906. The smallest absolute Gasteiger partial charge is 0.410 e. The van der Waals surface area contributed by atoms with Gasteiger partial charge < -0.3 is 24.0 Å². The Hall–Kier alpha value is -2.35. The number of rotatable bonds is 5. The highest BCUT2D eigenvalue weighted by Crippen LogP contribution is 2.44. The van der Waals surface area contributed by atoms with E-state index in [2.05, 4.69) is 4.98 Å². The van der Waals surface area contributed by atoms with Gasteiger partial charge in [0.05, 0.1) is 12.2 Å². The van der Waals surface area contributed by atoms with Crippen LogP contribution in [0.5, 0.6) is 5.88 Å². The molecule has 2 unspecified atom stereocenters. The second-order valence-corrected chi connectivity index (χ2v) is 11.4. The van der Waals surface area contributed by atoms with Gasteiger partial charge in [0.15, 0.2) is 0 Å². The van der Waals surface area contributed by atoms with Crippen LogP contribution in [-0.2, 0) is 9.47 Å². The molecule has 1 saturated carbocycles. The molecule has 8 heteroatoms. The van der Waals surface area contributed by atoms with Crippen molar-refractivity contribution >= 4 is 12.0 Å². The zero-order valence-corrected chi connectivity index (χ0v) is 20.6. The summed E-state index contributed by atoms with van der Waals surface area (Å²) in [5.74, 6) is 2.28. The number of hydrogen-bond donors (Lipinski definition) is 0. The summed E-state index contributed by atoms with van der Waals surface area (Å²) in [4.78, 5) is 34.0. The monoisotopic (exact) mass is 471 g/mol. The quantitative estimate of drug-likeness (QED) is 0.651. The molecule has 0 N–H and O–H groups in total. The van der Waals surface area contributed by atoms with E-state index >= 15 is 0 Å². The summed E-state index contributed by atoms with van der Waals surface area (Å²) in [6.45, 7) is 10.5. The standard InChI is InChI=1S/C26H37N3O5/c1-26(2,3)34-25(31)29-14-20-12-28(13-21(20)15-29)24(30)19-10-22(18-4-5-18)23(27-11-19)33-16-17-6-8-32-9-7-17/h10-11,17-18,20-21H,4-9,12-16H2,1-3H3. The lowest BCUT2D eigenvalue weighted by atomic mass is 10.0. The maximum atomic E-state index is 13.3. The van der Waals surface area contributed by atoms with Gasteiger partial charge in [-0.05, 0) is 64.4 Å². The second kappa shape index (κ2) is 9.36. The first-order chi connectivity index (χ1) is 16.3. The highest BCUT2D eigenvalue weighted by atomic mass is 16.6. The summed E-state index contributed by atoms with van der Waals surface area (Å²) >= 11 is 0. The van der Waals surface area contributed by atoms with Crippen molar-refractivity contribution in [2.24, 2.45) is 17.8 Å². The van der Waals surface area contributed by atoms with Crippen LogP contribution in [0.15, 0.2) is 12.3 Å². The Morgan fingerprint density at radius 3 is 2.29 bits per heavy atom. The van der Waals surface area contributed by atoms with Crippen LogP contribution in [0.4, 0.5) is 4.79 Å². The molecule has 4 aliphatic rings. The fourth-order valence-corrected chi connectivity index (χ4v) is 5.32. The lowest BCUT2D eigenvalue weighted by molar-refractivity contribution is 0.0275. The zero-order chi connectivity index (χ0) is 23.9. The van der Waals surface area contributed by atoms with Crippen molar-refractivity contribution < 1.29 is 23.8 Å². The molecule has 3 aliphatic heterocycles. The van der Waals surface area contributed by atoms with Crippen LogP contribution in [0.1, 0.15) is 68.3 Å². The summed E-state index contributed by atoms with van der Waals surface area (Å²) in [6, 6.07) is 2.01. The topological polar surface area (TPSA) is 81.2 Å². The van der Waals surface area contributed by atoms with E-state index in [4.69, 9.17) is 14.2 Å². The first-order valence-electron chi connectivity index (χ1n) is 12.7. The Balaban J connectivity index is 1.19. The lowest BCUT2D eigenvalue weighted by Gasteiger charge is -2.26. The van der Waals surface area contributed by atoms with Gasteiger partial charge in [0.25, 0.3) is 5.91 Å². The first-order valence-corrected chi connectivity index (χ1v) is 12.7. The molecule has 2 atom stereocenters. The van der Waals surface area contributed by atoms with Gasteiger partial charge in [0.1, 0.15) is 5.60 Å². The van der Waals surface area contributed by atoms with Crippen LogP contribution in [0, 0.1) is 17.8 Å². The number of fused-ring (bicyclic) bond motifs is 1. The maximum absolute atomic E-state index is 13.3. The van der Waals surface area contributed by atoms with Crippen molar-refractivity contribution in [2.45, 2.75) is 58.0 Å². The van der Waals surface area contributed by atoms with E-state index in [9.17, 15) is 9.59 Å². The Morgan fingerprint density at radius 2 is 1.68 bits per heavy atom. The van der Waals surface area contributed by atoms with Gasteiger partial charge in [-0.15, -0.1) is 0 Å². The third kappa shape index (κ3) is 5.32. The van der Waals surface area contributed by atoms with Crippen molar-refractivity contribution in [3.63, 3.8) is 0 Å². The van der Waals surface area contributed by atoms with Crippen LogP contribution < -0.4 is 4.74 Å². The molecular formula is C26H37N3O5. The highest BCUT2D eigenvalue weighted by Gasteiger charge is 2.44. The predicted molar refractivity (Wildman–Crippen MR) is 126 cm³/mol. The van der Waals surface area contributed by atoms with Crippen molar-refractivity contribution in [1.82, 2.24) is 14.8 Å².